The first-order chi connectivity index (χ1) is 12.8. The van der Waals surface area contributed by atoms with E-state index in [1.807, 2.05) is 48.7 Å². The quantitative estimate of drug-likeness (QED) is 0.859. The van der Waals surface area contributed by atoms with Gasteiger partial charge in [0.05, 0.1) is 12.2 Å². The molecule has 3 rings (SSSR count). The van der Waals surface area contributed by atoms with Gasteiger partial charge in [-0.1, -0.05) is 44.2 Å². The number of carboxylic acid groups (broad SMARTS) is 1. The lowest BCUT2D eigenvalue weighted by molar-refractivity contribution is 0.0197. The Morgan fingerprint density at radius 2 is 1.74 bits per heavy atom. The summed E-state index contributed by atoms with van der Waals surface area (Å²) < 4.78 is 7.27. The number of ether oxygens (including phenoxy) is 1. The lowest BCUT2D eigenvalue weighted by atomic mass is 10.2. The second kappa shape index (κ2) is 8.24. The summed E-state index contributed by atoms with van der Waals surface area (Å²) in [5.41, 5.74) is 0.747. The molecule has 1 aromatic heterocycles. The summed E-state index contributed by atoms with van der Waals surface area (Å²) >= 11 is 0. The summed E-state index contributed by atoms with van der Waals surface area (Å²) in [6.07, 6.45) is -0.447. The third-order valence-electron chi connectivity index (χ3n) is 3.89. The molecular weight excluding hydrogens is 346 g/mol. The molecule has 146 valence electrons. The Hall–Kier alpha value is -2.83. The molecule has 0 fully saturated rings. The van der Waals surface area contributed by atoms with E-state index in [0.29, 0.717) is 24.6 Å². The summed E-state index contributed by atoms with van der Waals surface area (Å²) in [5, 5.41) is 9.50. The van der Waals surface area contributed by atoms with E-state index in [1.165, 1.54) is 4.90 Å². The highest BCUT2D eigenvalue weighted by Gasteiger charge is 2.31. The molecule has 0 saturated heterocycles. The number of fused-ring (bicyclic) bond motifs is 1. The maximum absolute atomic E-state index is 12.3. The zero-order chi connectivity index (χ0) is 20.2. The number of rotatable bonds is 2. The zero-order valence-electron chi connectivity index (χ0n) is 16.5. The number of nitrogens with zero attached hydrogens (tertiary/aromatic N) is 3. The number of amides is 1. The zero-order valence-corrected chi connectivity index (χ0v) is 16.5. The molecule has 1 aliphatic rings. The Kier molecular flexibility index (Phi) is 6.25. The summed E-state index contributed by atoms with van der Waals surface area (Å²) in [4.78, 5) is 29.8. The molecule has 1 aromatic carbocycles. The van der Waals surface area contributed by atoms with Gasteiger partial charge in [-0.25, -0.2) is 14.6 Å². The van der Waals surface area contributed by atoms with Crippen LogP contribution in [0.2, 0.25) is 0 Å². The van der Waals surface area contributed by atoms with Gasteiger partial charge in [0.25, 0.3) is 0 Å². The van der Waals surface area contributed by atoms with E-state index < -0.39 is 17.7 Å². The van der Waals surface area contributed by atoms with Crippen molar-refractivity contribution in [3.8, 4) is 11.4 Å². The van der Waals surface area contributed by atoms with Crippen molar-refractivity contribution in [2.75, 3.05) is 6.54 Å². The molecule has 2 aromatic rings. The molecule has 1 aliphatic heterocycles. The van der Waals surface area contributed by atoms with Gasteiger partial charge < -0.3 is 19.3 Å². The third-order valence-corrected chi connectivity index (χ3v) is 3.89. The average molecular weight is 373 g/mol. The highest BCUT2D eigenvalue weighted by Crippen LogP contribution is 2.27. The number of hydrogen-bond acceptors (Lipinski definition) is 4. The van der Waals surface area contributed by atoms with Crippen LogP contribution in [0.5, 0.6) is 0 Å². The number of imidazole rings is 1. The first kappa shape index (κ1) is 20.5. The SMILES string of the molecule is CC.CC(C)(C)OC(=O)N1CCn2c(-c3ccccc3)nc(C(=O)O)c2C1. The maximum atomic E-state index is 12.3. The van der Waals surface area contributed by atoms with E-state index in [4.69, 9.17) is 4.74 Å². The lowest BCUT2D eigenvalue weighted by Gasteiger charge is -2.31. The fraction of sp³-hybridized carbons (Fsp3) is 0.450. The number of aromatic nitrogens is 2. The minimum absolute atomic E-state index is 0.0212. The van der Waals surface area contributed by atoms with Crippen LogP contribution < -0.4 is 0 Å². The standard InChI is InChI=1S/C18H21N3O4.C2H6/c1-18(2,3)25-17(24)20-9-10-21-13(11-20)14(16(22)23)19-15(21)12-7-5-4-6-8-12;1-2/h4-8H,9-11H2,1-3H3,(H,22,23);1-2H3. The normalized spacial score (nSPS) is 13.3. The smallest absolute Gasteiger partial charge is 0.410 e. The largest absolute Gasteiger partial charge is 0.476 e. The van der Waals surface area contributed by atoms with Gasteiger partial charge in [0.15, 0.2) is 5.69 Å². The Morgan fingerprint density at radius 1 is 1.11 bits per heavy atom. The van der Waals surface area contributed by atoms with Gasteiger partial charge in [-0.05, 0) is 20.8 Å². The fourth-order valence-electron chi connectivity index (χ4n) is 2.83. The number of benzene rings is 1. The van der Waals surface area contributed by atoms with Gasteiger partial charge in [-0.3, -0.25) is 0 Å². The van der Waals surface area contributed by atoms with Crippen molar-refractivity contribution in [1.29, 1.82) is 0 Å². The average Bonchev–Trinajstić information content (AvgIpc) is 3.02. The molecular formula is C20H27N3O4. The van der Waals surface area contributed by atoms with Crippen molar-refractivity contribution in [2.24, 2.45) is 0 Å². The van der Waals surface area contributed by atoms with Gasteiger partial charge in [0.2, 0.25) is 0 Å². The fourth-order valence-corrected chi connectivity index (χ4v) is 2.83. The maximum Gasteiger partial charge on any atom is 0.410 e. The Morgan fingerprint density at radius 3 is 2.30 bits per heavy atom. The van der Waals surface area contributed by atoms with Gasteiger partial charge in [-0.2, -0.15) is 0 Å². The van der Waals surface area contributed by atoms with Crippen molar-refractivity contribution in [3.63, 3.8) is 0 Å². The van der Waals surface area contributed by atoms with Crippen LogP contribution in [0, 0.1) is 0 Å². The van der Waals surface area contributed by atoms with Crippen LogP contribution in [-0.4, -0.2) is 43.8 Å². The van der Waals surface area contributed by atoms with Crippen LogP contribution in [0.25, 0.3) is 11.4 Å². The van der Waals surface area contributed by atoms with Crippen LogP contribution in [-0.2, 0) is 17.8 Å². The van der Waals surface area contributed by atoms with E-state index in [9.17, 15) is 14.7 Å². The van der Waals surface area contributed by atoms with Crippen molar-refractivity contribution in [2.45, 2.75) is 53.3 Å². The van der Waals surface area contributed by atoms with Crippen LogP contribution in [0.4, 0.5) is 4.79 Å². The molecule has 7 heteroatoms. The molecule has 0 saturated carbocycles. The van der Waals surface area contributed by atoms with E-state index in [1.54, 1.807) is 20.8 Å². The molecule has 1 amide bonds. The van der Waals surface area contributed by atoms with Crippen LogP contribution in [0.3, 0.4) is 0 Å². The highest BCUT2D eigenvalue weighted by molar-refractivity contribution is 5.88. The lowest BCUT2D eigenvalue weighted by Crippen LogP contribution is -2.41. The summed E-state index contributed by atoms with van der Waals surface area (Å²) in [5.74, 6) is -0.492. The monoisotopic (exact) mass is 373 g/mol. The second-order valence-corrected chi connectivity index (χ2v) is 6.96. The van der Waals surface area contributed by atoms with Gasteiger partial charge in [0, 0.05) is 18.7 Å². The molecule has 0 radical (unpaired) electrons. The van der Waals surface area contributed by atoms with Crippen molar-refractivity contribution in [3.05, 3.63) is 41.7 Å². The Bertz CT molecular complexity index is 807. The van der Waals surface area contributed by atoms with Gasteiger partial charge in [-0.15, -0.1) is 0 Å². The first-order valence-corrected chi connectivity index (χ1v) is 9.12. The predicted molar refractivity (Wildman–Crippen MR) is 103 cm³/mol. The number of aromatic carboxylic acids is 1. The van der Waals surface area contributed by atoms with Crippen molar-refractivity contribution in [1.82, 2.24) is 14.5 Å². The summed E-state index contributed by atoms with van der Waals surface area (Å²) in [6.45, 7) is 10.5. The number of carbonyl (C=O) groups is 2. The van der Waals surface area contributed by atoms with Crippen molar-refractivity contribution < 1.29 is 19.4 Å². The first-order valence-electron chi connectivity index (χ1n) is 9.12. The molecule has 0 bridgehead atoms. The number of carboxylic acids is 1. The third kappa shape index (κ3) is 4.67. The van der Waals surface area contributed by atoms with Crippen LogP contribution >= 0.6 is 0 Å². The molecule has 0 unspecified atom stereocenters. The predicted octanol–water partition coefficient (Wildman–Crippen LogP) is 4.03. The van der Waals surface area contributed by atoms with Crippen molar-refractivity contribution >= 4 is 12.1 Å². The molecule has 7 nitrogen and oxygen atoms in total. The molecule has 27 heavy (non-hydrogen) atoms. The molecule has 0 atom stereocenters. The number of carbonyl (C=O) groups excluding carboxylic acids is 1. The summed E-state index contributed by atoms with van der Waals surface area (Å²) in [6, 6.07) is 9.44. The molecule has 0 spiro atoms. The van der Waals surface area contributed by atoms with Crippen LogP contribution in [0.15, 0.2) is 30.3 Å². The van der Waals surface area contributed by atoms with Crippen LogP contribution in [0.1, 0.15) is 50.8 Å². The van der Waals surface area contributed by atoms with E-state index in [2.05, 4.69) is 4.98 Å². The molecule has 0 aliphatic carbocycles. The number of hydrogen-bond donors (Lipinski definition) is 1. The Balaban J connectivity index is 0.00000126. The highest BCUT2D eigenvalue weighted by atomic mass is 16.6. The minimum atomic E-state index is -1.10. The van der Waals surface area contributed by atoms with E-state index in [0.717, 1.165) is 5.56 Å². The molecule has 1 N–H and O–H groups in total. The Labute approximate surface area is 159 Å². The van der Waals surface area contributed by atoms with Gasteiger partial charge >= 0.3 is 12.1 Å². The second-order valence-electron chi connectivity index (χ2n) is 6.96. The minimum Gasteiger partial charge on any atom is -0.476 e. The van der Waals surface area contributed by atoms with E-state index in [-0.39, 0.29) is 12.2 Å². The topological polar surface area (TPSA) is 84.7 Å². The van der Waals surface area contributed by atoms with E-state index >= 15 is 0 Å². The van der Waals surface area contributed by atoms with Gasteiger partial charge in [0.1, 0.15) is 11.4 Å². The summed E-state index contributed by atoms with van der Waals surface area (Å²) in [7, 11) is 0. The molecule has 2 heterocycles.